The second kappa shape index (κ2) is 10.3. The largest absolute Gasteiger partial charge is 0.503 e. The predicted octanol–water partition coefficient (Wildman–Crippen LogP) is 6.48. The Morgan fingerprint density at radius 2 is 1.81 bits per heavy atom. The van der Waals surface area contributed by atoms with Crippen LogP contribution in [0.5, 0.6) is 0 Å². The van der Waals surface area contributed by atoms with Crippen LogP contribution in [-0.4, -0.2) is 32.0 Å². The van der Waals surface area contributed by atoms with Crippen molar-refractivity contribution in [1.82, 2.24) is 15.2 Å². The molecule has 188 valence electrons. The van der Waals surface area contributed by atoms with Gasteiger partial charge < -0.3 is 5.11 Å². The Balaban J connectivity index is 1.50. The normalized spacial score (nSPS) is 15.6. The molecule has 2 aromatic carbocycles. The lowest BCUT2D eigenvalue weighted by atomic mass is 9.95. The average Bonchev–Trinajstić information content (AvgIpc) is 3.55. The summed E-state index contributed by atoms with van der Waals surface area (Å²) in [6, 6.07) is 11.9. The summed E-state index contributed by atoms with van der Waals surface area (Å²) in [5.41, 5.74) is 1.89. The fraction of sp³-hybridized carbons (Fsp3) is 0.160. The molecule has 1 N–H and O–H groups in total. The average molecular weight is 573 g/mol. The SMILES string of the molecule is Cc1nc(C)c(C(=O)C2=C(O)C(=O)N(c3nnc(SCc4ccc(Cl)cc4)s3)C2c2ccc(F)cc2)s1. The Morgan fingerprint density at radius 1 is 1.11 bits per heavy atom. The summed E-state index contributed by atoms with van der Waals surface area (Å²) in [5, 5.41) is 20.8. The Kier molecular flexibility index (Phi) is 7.13. The summed E-state index contributed by atoms with van der Waals surface area (Å²) in [6.07, 6.45) is 0. The van der Waals surface area contributed by atoms with Crippen LogP contribution in [0.3, 0.4) is 0 Å². The molecule has 1 amide bonds. The van der Waals surface area contributed by atoms with Gasteiger partial charge in [0.1, 0.15) is 5.82 Å². The van der Waals surface area contributed by atoms with Gasteiger partial charge in [-0.3, -0.25) is 14.5 Å². The van der Waals surface area contributed by atoms with Gasteiger partial charge in [-0.25, -0.2) is 9.37 Å². The van der Waals surface area contributed by atoms with Gasteiger partial charge in [0.2, 0.25) is 10.9 Å². The third-order valence-corrected chi connectivity index (χ3v) is 9.08. The van der Waals surface area contributed by atoms with Crippen LogP contribution < -0.4 is 4.90 Å². The van der Waals surface area contributed by atoms with E-state index in [1.54, 1.807) is 26.0 Å². The molecule has 0 aliphatic carbocycles. The number of hydrogen-bond acceptors (Lipinski definition) is 9. The molecular formula is C25H18ClFN4O3S3. The predicted molar refractivity (Wildman–Crippen MR) is 143 cm³/mol. The minimum atomic E-state index is -1.01. The number of carbonyl (C=O) groups excluding carboxylic acids is 2. The van der Waals surface area contributed by atoms with Gasteiger partial charge in [-0.05, 0) is 49.2 Å². The number of aryl methyl sites for hydroxylation is 2. The van der Waals surface area contributed by atoms with Crippen molar-refractivity contribution >= 4 is 62.9 Å². The lowest BCUT2D eigenvalue weighted by Crippen LogP contribution is -2.31. The molecule has 0 spiro atoms. The number of thiazole rings is 1. The van der Waals surface area contributed by atoms with Gasteiger partial charge in [0.25, 0.3) is 5.91 Å². The van der Waals surface area contributed by atoms with E-state index in [1.165, 1.54) is 52.3 Å². The molecule has 0 fully saturated rings. The Labute approximate surface area is 228 Å². The molecular weight excluding hydrogens is 555 g/mol. The number of aromatic nitrogens is 3. The maximum Gasteiger partial charge on any atom is 0.296 e. The summed E-state index contributed by atoms with van der Waals surface area (Å²) < 4.78 is 14.3. The van der Waals surface area contributed by atoms with Gasteiger partial charge in [-0.2, -0.15) is 0 Å². The quantitative estimate of drug-likeness (QED) is 0.154. The second-order valence-corrected chi connectivity index (χ2v) is 12.0. The highest BCUT2D eigenvalue weighted by molar-refractivity contribution is 8.00. The van der Waals surface area contributed by atoms with Gasteiger partial charge >= 0.3 is 0 Å². The van der Waals surface area contributed by atoms with Crippen molar-refractivity contribution in [1.29, 1.82) is 0 Å². The number of carbonyl (C=O) groups is 2. The topological polar surface area (TPSA) is 96.3 Å². The van der Waals surface area contributed by atoms with E-state index in [2.05, 4.69) is 15.2 Å². The van der Waals surface area contributed by atoms with Crippen molar-refractivity contribution in [2.45, 2.75) is 30.0 Å². The molecule has 1 atom stereocenters. The van der Waals surface area contributed by atoms with Crippen LogP contribution in [0.15, 0.2) is 64.2 Å². The highest BCUT2D eigenvalue weighted by Crippen LogP contribution is 2.44. The number of anilines is 1. The summed E-state index contributed by atoms with van der Waals surface area (Å²) in [7, 11) is 0. The maximum atomic E-state index is 13.7. The van der Waals surface area contributed by atoms with Gasteiger partial charge in [-0.1, -0.05) is 59.0 Å². The van der Waals surface area contributed by atoms with E-state index in [9.17, 15) is 19.1 Å². The first kappa shape index (κ1) is 25.5. The van der Waals surface area contributed by atoms with Crippen molar-refractivity contribution in [2.24, 2.45) is 0 Å². The third-order valence-electron chi connectivity index (χ3n) is 5.63. The number of benzene rings is 2. The molecule has 0 bridgehead atoms. The van der Waals surface area contributed by atoms with Crippen molar-refractivity contribution < 1.29 is 19.1 Å². The second-order valence-electron chi connectivity index (χ2n) is 8.13. The molecule has 0 saturated carbocycles. The zero-order valence-corrected chi connectivity index (χ0v) is 22.6. The van der Waals surface area contributed by atoms with E-state index in [0.717, 1.165) is 16.9 Å². The Morgan fingerprint density at radius 3 is 2.46 bits per heavy atom. The molecule has 37 heavy (non-hydrogen) atoms. The van der Waals surface area contributed by atoms with E-state index in [-0.39, 0.29) is 10.7 Å². The lowest BCUT2D eigenvalue weighted by molar-refractivity contribution is -0.117. The molecule has 3 heterocycles. The number of aliphatic hydroxyl groups excluding tert-OH is 1. The highest BCUT2D eigenvalue weighted by Gasteiger charge is 2.46. The summed E-state index contributed by atoms with van der Waals surface area (Å²) >= 11 is 9.73. The number of nitrogens with zero attached hydrogens (tertiary/aromatic N) is 4. The smallest absolute Gasteiger partial charge is 0.296 e. The van der Waals surface area contributed by atoms with Crippen molar-refractivity contribution in [2.75, 3.05) is 4.90 Å². The summed E-state index contributed by atoms with van der Waals surface area (Å²) in [6.45, 7) is 3.47. The van der Waals surface area contributed by atoms with Crippen LogP contribution in [0, 0.1) is 19.7 Å². The van der Waals surface area contributed by atoms with Gasteiger partial charge in [0.15, 0.2) is 10.1 Å². The first-order chi connectivity index (χ1) is 17.7. The monoisotopic (exact) mass is 572 g/mol. The molecule has 0 saturated heterocycles. The van der Waals surface area contributed by atoms with Crippen LogP contribution in [0.1, 0.15) is 37.5 Å². The lowest BCUT2D eigenvalue weighted by Gasteiger charge is -2.24. The molecule has 2 aromatic heterocycles. The number of Topliss-reactive ketones (excluding diaryl/α,β-unsaturated/α-hetero) is 1. The Hall–Kier alpha value is -3.12. The standard InChI is InChI=1S/C25H18ClFN4O3S3/c1-12-22(36-13(2)28-12)20(32)18-19(15-5-9-17(27)10-6-15)31(23(34)21(18)33)24-29-30-25(37-24)35-11-14-3-7-16(26)8-4-14/h3-10,19,33H,11H2,1-2H3. The van der Waals surface area contributed by atoms with Crippen molar-refractivity contribution in [3.8, 4) is 0 Å². The van der Waals surface area contributed by atoms with Crippen LogP contribution >= 0.6 is 46.0 Å². The van der Waals surface area contributed by atoms with Crippen LogP contribution in [0.4, 0.5) is 9.52 Å². The zero-order valence-electron chi connectivity index (χ0n) is 19.4. The fourth-order valence-corrected chi connectivity index (χ4v) is 6.77. The van der Waals surface area contributed by atoms with Crippen molar-refractivity contribution in [3.05, 3.63) is 97.4 Å². The van der Waals surface area contributed by atoms with Crippen LogP contribution in [0.25, 0.3) is 0 Å². The molecule has 0 radical (unpaired) electrons. The molecule has 1 unspecified atom stereocenters. The number of hydrogen-bond donors (Lipinski definition) is 1. The van der Waals surface area contributed by atoms with Crippen LogP contribution in [-0.2, 0) is 10.5 Å². The van der Waals surface area contributed by atoms with Gasteiger partial charge in [0.05, 0.1) is 27.2 Å². The summed E-state index contributed by atoms with van der Waals surface area (Å²) in [5.74, 6) is -1.81. The highest BCUT2D eigenvalue weighted by atomic mass is 35.5. The zero-order chi connectivity index (χ0) is 26.3. The third kappa shape index (κ3) is 5.04. The van der Waals surface area contributed by atoms with Gasteiger partial charge in [-0.15, -0.1) is 21.5 Å². The van der Waals surface area contributed by atoms with E-state index < -0.39 is 29.3 Å². The molecule has 1 aliphatic heterocycles. The molecule has 5 rings (SSSR count). The fourth-order valence-electron chi connectivity index (χ4n) is 3.94. The van der Waals surface area contributed by atoms with E-state index in [1.807, 2.05) is 12.1 Å². The summed E-state index contributed by atoms with van der Waals surface area (Å²) in [4.78, 5) is 32.8. The molecule has 1 aliphatic rings. The number of thioether (sulfide) groups is 1. The van der Waals surface area contributed by atoms with Gasteiger partial charge in [0, 0.05) is 10.8 Å². The molecule has 7 nitrogen and oxygen atoms in total. The van der Waals surface area contributed by atoms with E-state index >= 15 is 0 Å². The minimum absolute atomic E-state index is 0.103. The maximum absolute atomic E-state index is 13.7. The first-order valence-electron chi connectivity index (χ1n) is 10.9. The number of rotatable bonds is 7. The van der Waals surface area contributed by atoms with Crippen LogP contribution in [0.2, 0.25) is 5.02 Å². The number of halogens is 2. The number of aliphatic hydroxyl groups is 1. The van der Waals surface area contributed by atoms with E-state index in [4.69, 9.17) is 11.6 Å². The van der Waals surface area contributed by atoms with Crippen molar-refractivity contribution in [3.63, 3.8) is 0 Å². The molecule has 12 heteroatoms. The van der Waals surface area contributed by atoms with E-state index in [0.29, 0.717) is 36.3 Å². The number of amides is 1. The molecule has 4 aromatic rings. The Bertz CT molecular complexity index is 1530. The number of ketones is 1. The first-order valence-corrected chi connectivity index (χ1v) is 13.9. The minimum Gasteiger partial charge on any atom is -0.503 e.